The molecule has 15 heavy (non-hydrogen) atoms. The molecule has 0 spiro atoms. The normalized spacial score (nSPS) is 11.9. The fourth-order valence-corrected chi connectivity index (χ4v) is 1.32. The summed E-state index contributed by atoms with van der Waals surface area (Å²) in [5.74, 6) is -0.620. The molecule has 1 aromatic rings. The van der Waals surface area contributed by atoms with E-state index in [1.807, 2.05) is 0 Å². The molecule has 0 aromatic heterocycles. The molecule has 1 aromatic carbocycles. The number of carbonyl (C=O) groups excluding carboxylic acids is 1. The first kappa shape index (κ1) is 11.7. The Kier molecular flexibility index (Phi) is 3.80. The van der Waals surface area contributed by atoms with Gasteiger partial charge in [0.25, 0.3) is 0 Å². The maximum atomic E-state index is 10.5. The highest BCUT2D eigenvalue weighted by atomic mass is 35.5. The first-order chi connectivity index (χ1) is 7.04. The Morgan fingerprint density at radius 1 is 1.60 bits per heavy atom. The van der Waals surface area contributed by atoms with E-state index in [0.717, 1.165) is 0 Å². The van der Waals surface area contributed by atoms with Gasteiger partial charge in [0.2, 0.25) is 0 Å². The molecule has 0 saturated carbocycles. The van der Waals surface area contributed by atoms with Crippen molar-refractivity contribution in [1.82, 2.24) is 0 Å². The summed E-state index contributed by atoms with van der Waals surface area (Å²) in [6, 6.07) is 4.17. The Bertz CT molecular complexity index is 368. The summed E-state index contributed by atoms with van der Waals surface area (Å²) in [6.45, 7) is 1.49. The van der Waals surface area contributed by atoms with Gasteiger partial charge in [-0.25, -0.2) is 0 Å². The first-order valence-electron chi connectivity index (χ1n) is 4.35. The van der Waals surface area contributed by atoms with Crippen LogP contribution in [0, 0.1) is 0 Å². The molecule has 5 heteroatoms. The number of carbonyl (C=O) groups is 1. The number of ether oxygens (including phenoxy) is 1. The topological polar surface area (TPSA) is 61.4 Å². The molecular formula is C10H11ClNO3-. The number of halogens is 1. The van der Waals surface area contributed by atoms with E-state index in [1.54, 1.807) is 18.2 Å². The highest BCUT2D eigenvalue weighted by Crippen LogP contribution is 2.27. The molecule has 0 amide bonds. The molecule has 0 aliphatic rings. The lowest BCUT2D eigenvalue weighted by molar-refractivity contribution is -0.306. The number of anilines is 1. The number of hydrogen-bond donors (Lipinski definition) is 1. The van der Waals surface area contributed by atoms with Gasteiger partial charge in [-0.15, -0.1) is 0 Å². The van der Waals surface area contributed by atoms with Gasteiger partial charge in [-0.2, -0.15) is 0 Å². The summed E-state index contributed by atoms with van der Waals surface area (Å²) in [6.07, 6.45) is 0. The molecular weight excluding hydrogens is 218 g/mol. The van der Waals surface area contributed by atoms with Crippen LogP contribution >= 0.6 is 11.6 Å². The van der Waals surface area contributed by atoms with Crippen molar-refractivity contribution < 1.29 is 14.6 Å². The molecule has 4 nitrogen and oxygen atoms in total. The molecule has 0 aliphatic carbocycles. The van der Waals surface area contributed by atoms with Gasteiger partial charge in [0, 0.05) is 5.69 Å². The lowest BCUT2D eigenvalue weighted by Gasteiger charge is -2.16. The minimum atomic E-state index is -1.16. The van der Waals surface area contributed by atoms with Crippen LogP contribution in [0.4, 0.5) is 5.69 Å². The maximum Gasteiger partial charge on any atom is 0.137 e. The summed E-state index contributed by atoms with van der Waals surface area (Å²) in [5.41, 5.74) is 0.609. The molecule has 1 atom stereocenters. The van der Waals surface area contributed by atoms with Crippen LogP contribution < -0.4 is 15.2 Å². The highest BCUT2D eigenvalue weighted by Gasteiger charge is 2.05. The number of rotatable bonds is 4. The van der Waals surface area contributed by atoms with E-state index in [4.69, 9.17) is 16.3 Å². The van der Waals surface area contributed by atoms with Crippen molar-refractivity contribution in [3.05, 3.63) is 23.2 Å². The van der Waals surface area contributed by atoms with Crippen LogP contribution in [0.1, 0.15) is 6.92 Å². The second kappa shape index (κ2) is 4.89. The van der Waals surface area contributed by atoms with Crippen LogP contribution in [0.15, 0.2) is 18.2 Å². The molecule has 0 radical (unpaired) electrons. The van der Waals surface area contributed by atoms with Crippen LogP contribution in [0.3, 0.4) is 0 Å². The number of aliphatic carboxylic acids is 1. The van der Waals surface area contributed by atoms with E-state index in [2.05, 4.69) is 5.32 Å². The van der Waals surface area contributed by atoms with Crippen LogP contribution in [-0.4, -0.2) is 19.1 Å². The zero-order chi connectivity index (χ0) is 11.4. The number of hydrogen-bond acceptors (Lipinski definition) is 4. The monoisotopic (exact) mass is 228 g/mol. The smallest absolute Gasteiger partial charge is 0.137 e. The molecule has 82 valence electrons. The van der Waals surface area contributed by atoms with E-state index < -0.39 is 12.0 Å². The zero-order valence-electron chi connectivity index (χ0n) is 8.41. The SMILES string of the molecule is COc1ccc(N[C@@H](C)C(=O)[O-])cc1Cl. The molecule has 0 unspecified atom stereocenters. The molecule has 1 N–H and O–H groups in total. The Labute approximate surface area is 92.8 Å². The maximum absolute atomic E-state index is 10.5. The van der Waals surface area contributed by atoms with Crippen LogP contribution in [0.5, 0.6) is 5.75 Å². The largest absolute Gasteiger partial charge is 0.548 e. The van der Waals surface area contributed by atoms with Crippen molar-refractivity contribution in [2.45, 2.75) is 13.0 Å². The van der Waals surface area contributed by atoms with Crippen molar-refractivity contribution >= 4 is 23.3 Å². The van der Waals surface area contributed by atoms with Gasteiger partial charge < -0.3 is 20.0 Å². The quantitative estimate of drug-likeness (QED) is 0.832. The zero-order valence-corrected chi connectivity index (χ0v) is 9.17. The summed E-state index contributed by atoms with van der Waals surface area (Å²) in [4.78, 5) is 10.5. The highest BCUT2D eigenvalue weighted by molar-refractivity contribution is 6.32. The second-order valence-corrected chi connectivity index (χ2v) is 3.44. The van der Waals surface area contributed by atoms with E-state index in [1.165, 1.54) is 14.0 Å². The summed E-state index contributed by atoms with van der Waals surface area (Å²) >= 11 is 5.86. The predicted octanol–water partition coefficient (Wildman–Crippen LogP) is 0.899. The lowest BCUT2D eigenvalue weighted by Crippen LogP contribution is -2.38. The van der Waals surface area contributed by atoms with Crippen LogP contribution in [0.2, 0.25) is 5.02 Å². The summed E-state index contributed by atoms with van der Waals surface area (Å²) < 4.78 is 4.96. The van der Waals surface area contributed by atoms with Crippen molar-refractivity contribution in [3.63, 3.8) is 0 Å². The fourth-order valence-electron chi connectivity index (χ4n) is 1.07. The van der Waals surface area contributed by atoms with E-state index in [9.17, 15) is 9.90 Å². The second-order valence-electron chi connectivity index (χ2n) is 3.03. The van der Waals surface area contributed by atoms with Gasteiger partial charge in [0.1, 0.15) is 5.75 Å². The van der Waals surface area contributed by atoms with Crippen LogP contribution in [0.25, 0.3) is 0 Å². The van der Waals surface area contributed by atoms with Crippen molar-refractivity contribution in [1.29, 1.82) is 0 Å². The van der Waals surface area contributed by atoms with E-state index in [0.29, 0.717) is 16.5 Å². The third-order valence-corrected chi connectivity index (χ3v) is 2.18. The summed E-state index contributed by atoms with van der Waals surface area (Å²) in [7, 11) is 1.51. The van der Waals surface area contributed by atoms with Gasteiger partial charge in [0.15, 0.2) is 0 Å². The van der Waals surface area contributed by atoms with Gasteiger partial charge >= 0.3 is 0 Å². The number of carboxylic acids is 1. The van der Waals surface area contributed by atoms with Crippen LogP contribution in [-0.2, 0) is 4.79 Å². The lowest BCUT2D eigenvalue weighted by atomic mass is 10.2. The Morgan fingerprint density at radius 3 is 2.73 bits per heavy atom. The molecule has 0 bridgehead atoms. The number of benzene rings is 1. The average molecular weight is 229 g/mol. The number of methoxy groups -OCH3 is 1. The first-order valence-corrected chi connectivity index (χ1v) is 4.73. The third kappa shape index (κ3) is 3.02. The fraction of sp³-hybridized carbons (Fsp3) is 0.300. The van der Waals surface area contributed by atoms with Crippen molar-refractivity contribution in [3.8, 4) is 5.75 Å². The molecule has 0 aliphatic heterocycles. The van der Waals surface area contributed by atoms with E-state index >= 15 is 0 Å². The average Bonchev–Trinajstić information content (AvgIpc) is 2.18. The van der Waals surface area contributed by atoms with Gasteiger partial charge in [-0.05, 0) is 25.1 Å². The molecule has 0 saturated heterocycles. The molecule has 0 fully saturated rings. The Morgan fingerprint density at radius 2 is 2.27 bits per heavy atom. The van der Waals surface area contributed by atoms with Crippen molar-refractivity contribution in [2.24, 2.45) is 0 Å². The molecule has 0 heterocycles. The number of nitrogens with one attached hydrogen (secondary N) is 1. The number of carboxylic acid groups (broad SMARTS) is 1. The molecule has 1 rings (SSSR count). The summed E-state index contributed by atoms with van der Waals surface area (Å²) in [5, 5.41) is 13.6. The van der Waals surface area contributed by atoms with E-state index in [-0.39, 0.29) is 0 Å². The third-order valence-electron chi connectivity index (χ3n) is 1.89. The minimum Gasteiger partial charge on any atom is -0.548 e. The van der Waals surface area contributed by atoms with Gasteiger partial charge in [-0.3, -0.25) is 0 Å². The standard InChI is InChI=1S/C10H12ClNO3/c1-6(10(13)14)12-7-3-4-9(15-2)8(11)5-7/h3-6,12H,1-2H3,(H,13,14)/p-1/t6-/m0/s1. The Balaban J connectivity index is 2.79. The Hall–Kier alpha value is -1.42. The minimum absolute atomic E-state index is 0.424. The van der Waals surface area contributed by atoms with Gasteiger partial charge in [-0.1, -0.05) is 11.6 Å². The van der Waals surface area contributed by atoms with Gasteiger partial charge in [0.05, 0.1) is 24.1 Å². The van der Waals surface area contributed by atoms with Crippen molar-refractivity contribution in [2.75, 3.05) is 12.4 Å². The predicted molar refractivity (Wildman–Crippen MR) is 56.1 cm³/mol.